The van der Waals surface area contributed by atoms with Crippen LogP contribution in [0.15, 0.2) is 30.6 Å². The van der Waals surface area contributed by atoms with Crippen molar-refractivity contribution in [1.82, 2.24) is 20.4 Å². The summed E-state index contributed by atoms with van der Waals surface area (Å²) < 4.78 is 17.7. The SMILES string of the molecule is CNC(C(=O)NC(C)c1ccc(OCCOC)c(OC)c1)c1cnn(C)c1.Cl. The van der Waals surface area contributed by atoms with Crippen molar-refractivity contribution in [3.05, 3.63) is 41.7 Å². The highest BCUT2D eigenvalue weighted by Crippen LogP contribution is 2.30. The Balaban J connectivity index is 0.00000392. The topological polar surface area (TPSA) is 86.6 Å². The summed E-state index contributed by atoms with van der Waals surface area (Å²) >= 11 is 0. The molecule has 1 amide bonds. The molecule has 0 radical (unpaired) electrons. The number of carbonyl (C=O) groups excluding carboxylic acids is 1. The van der Waals surface area contributed by atoms with Gasteiger partial charge in [0, 0.05) is 25.9 Å². The molecule has 0 saturated heterocycles. The van der Waals surface area contributed by atoms with E-state index in [-0.39, 0.29) is 24.4 Å². The van der Waals surface area contributed by atoms with Crippen molar-refractivity contribution < 1.29 is 19.0 Å². The van der Waals surface area contributed by atoms with Gasteiger partial charge in [-0.25, -0.2) is 0 Å². The average molecular weight is 413 g/mol. The molecule has 1 aromatic carbocycles. The molecule has 2 atom stereocenters. The van der Waals surface area contributed by atoms with Crippen LogP contribution in [-0.2, 0) is 16.6 Å². The van der Waals surface area contributed by atoms with Crippen LogP contribution in [0.1, 0.15) is 30.1 Å². The van der Waals surface area contributed by atoms with Gasteiger partial charge < -0.3 is 24.8 Å². The molecule has 2 rings (SSSR count). The van der Waals surface area contributed by atoms with Crippen molar-refractivity contribution in [3.63, 3.8) is 0 Å². The lowest BCUT2D eigenvalue weighted by Gasteiger charge is -2.20. The first-order valence-electron chi connectivity index (χ1n) is 8.76. The molecule has 9 heteroatoms. The van der Waals surface area contributed by atoms with Crippen LogP contribution in [0.3, 0.4) is 0 Å². The molecule has 0 aliphatic rings. The molecule has 1 heterocycles. The zero-order chi connectivity index (χ0) is 19.8. The predicted octanol–water partition coefficient (Wildman–Crippen LogP) is 2.01. The van der Waals surface area contributed by atoms with Gasteiger partial charge >= 0.3 is 0 Å². The second-order valence-corrected chi connectivity index (χ2v) is 6.15. The van der Waals surface area contributed by atoms with Gasteiger partial charge in [-0.1, -0.05) is 6.07 Å². The normalized spacial score (nSPS) is 12.6. The molecule has 2 N–H and O–H groups in total. The minimum atomic E-state index is -0.473. The predicted molar refractivity (Wildman–Crippen MR) is 109 cm³/mol. The van der Waals surface area contributed by atoms with Crippen LogP contribution in [0.5, 0.6) is 11.5 Å². The van der Waals surface area contributed by atoms with Crippen molar-refractivity contribution in [1.29, 1.82) is 0 Å². The summed E-state index contributed by atoms with van der Waals surface area (Å²) in [4.78, 5) is 12.7. The fourth-order valence-electron chi connectivity index (χ4n) is 2.73. The number of nitrogens with one attached hydrogen (secondary N) is 2. The van der Waals surface area contributed by atoms with Gasteiger partial charge in [-0.2, -0.15) is 5.10 Å². The maximum absolute atomic E-state index is 12.7. The number of halogens is 1. The molecular weight excluding hydrogens is 384 g/mol. The molecule has 0 aliphatic heterocycles. The Morgan fingerprint density at radius 3 is 2.54 bits per heavy atom. The monoisotopic (exact) mass is 412 g/mol. The van der Waals surface area contributed by atoms with Gasteiger partial charge in [-0.15, -0.1) is 12.4 Å². The maximum atomic E-state index is 12.7. The van der Waals surface area contributed by atoms with Crippen LogP contribution in [0.4, 0.5) is 0 Å². The summed E-state index contributed by atoms with van der Waals surface area (Å²) in [6.45, 7) is 2.86. The van der Waals surface area contributed by atoms with E-state index in [1.165, 1.54) is 0 Å². The maximum Gasteiger partial charge on any atom is 0.242 e. The number of rotatable bonds is 10. The quantitative estimate of drug-likeness (QED) is 0.580. The minimum absolute atomic E-state index is 0. The molecule has 156 valence electrons. The van der Waals surface area contributed by atoms with Crippen LogP contribution >= 0.6 is 12.4 Å². The third-order valence-electron chi connectivity index (χ3n) is 4.20. The molecule has 2 aromatic rings. The average Bonchev–Trinajstić information content (AvgIpc) is 3.08. The molecule has 2 unspecified atom stereocenters. The second-order valence-electron chi connectivity index (χ2n) is 6.15. The molecule has 28 heavy (non-hydrogen) atoms. The van der Waals surface area contributed by atoms with Crippen LogP contribution in [0.25, 0.3) is 0 Å². The van der Waals surface area contributed by atoms with Crippen LogP contribution in [-0.4, -0.2) is 50.2 Å². The summed E-state index contributed by atoms with van der Waals surface area (Å²) in [6, 6.07) is 4.94. The van der Waals surface area contributed by atoms with E-state index in [0.29, 0.717) is 24.7 Å². The number of methoxy groups -OCH3 is 2. The summed E-state index contributed by atoms with van der Waals surface area (Å²) in [5, 5.41) is 10.2. The van der Waals surface area contributed by atoms with E-state index in [1.54, 1.807) is 32.1 Å². The largest absolute Gasteiger partial charge is 0.493 e. The standard InChI is InChI=1S/C19H28N4O4.ClH/c1-13(22-19(24)18(20-2)15-11-21-23(3)12-15)14-6-7-16(17(10-14)26-5)27-9-8-25-4;/h6-7,10-13,18,20H,8-9H2,1-5H3,(H,22,24);1H. The third kappa shape index (κ3) is 6.12. The van der Waals surface area contributed by atoms with E-state index < -0.39 is 6.04 Å². The number of aromatic nitrogens is 2. The van der Waals surface area contributed by atoms with Gasteiger partial charge in [0.1, 0.15) is 12.6 Å². The number of nitrogens with zero attached hydrogens (tertiary/aromatic N) is 2. The summed E-state index contributed by atoms with van der Waals surface area (Å²) in [6.07, 6.45) is 3.50. The van der Waals surface area contributed by atoms with Crippen molar-refractivity contribution in [2.45, 2.75) is 19.0 Å². The van der Waals surface area contributed by atoms with E-state index in [4.69, 9.17) is 14.2 Å². The zero-order valence-corrected chi connectivity index (χ0v) is 17.7. The van der Waals surface area contributed by atoms with E-state index in [0.717, 1.165) is 11.1 Å². The number of hydrogen-bond donors (Lipinski definition) is 2. The van der Waals surface area contributed by atoms with Crippen LogP contribution in [0.2, 0.25) is 0 Å². The number of hydrogen-bond acceptors (Lipinski definition) is 6. The highest BCUT2D eigenvalue weighted by atomic mass is 35.5. The smallest absolute Gasteiger partial charge is 0.242 e. The Bertz CT molecular complexity index is 753. The molecule has 0 aliphatic carbocycles. The highest BCUT2D eigenvalue weighted by Gasteiger charge is 2.22. The van der Waals surface area contributed by atoms with Gasteiger partial charge in [0.15, 0.2) is 11.5 Å². The fraction of sp³-hybridized carbons (Fsp3) is 0.474. The lowest BCUT2D eigenvalue weighted by atomic mass is 10.1. The first-order chi connectivity index (χ1) is 13.0. The van der Waals surface area contributed by atoms with Gasteiger partial charge in [-0.3, -0.25) is 9.48 Å². The van der Waals surface area contributed by atoms with Gasteiger partial charge in [0.2, 0.25) is 5.91 Å². The van der Waals surface area contributed by atoms with E-state index in [2.05, 4.69) is 15.7 Å². The number of likely N-dealkylation sites (N-methyl/N-ethyl adjacent to an activating group) is 1. The number of ether oxygens (including phenoxy) is 3. The third-order valence-corrected chi connectivity index (χ3v) is 4.20. The summed E-state index contributed by atoms with van der Waals surface area (Å²) in [7, 11) is 6.78. The van der Waals surface area contributed by atoms with E-state index >= 15 is 0 Å². The second kappa shape index (κ2) is 11.5. The molecule has 0 saturated carbocycles. The lowest BCUT2D eigenvalue weighted by Crippen LogP contribution is -2.37. The number of amides is 1. The Morgan fingerprint density at radius 1 is 1.21 bits per heavy atom. The molecule has 1 aromatic heterocycles. The number of benzene rings is 1. The molecule has 0 fully saturated rings. The summed E-state index contributed by atoms with van der Waals surface area (Å²) in [5.74, 6) is 1.12. The van der Waals surface area contributed by atoms with Crippen molar-refractivity contribution in [2.24, 2.45) is 7.05 Å². The Kier molecular flexibility index (Phi) is 9.78. The molecule has 0 bridgehead atoms. The highest BCUT2D eigenvalue weighted by molar-refractivity contribution is 5.85. The van der Waals surface area contributed by atoms with Crippen LogP contribution in [0, 0.1) is 0 Å². The van der Waals surface area contributed by atoms with Gasteiger partial charge in [0.05, 0.1) is 26.0 Å². The first-order valence-corrected chi connectivity index (χ1v) is 8.76. The van der Waals surface area contributed by atoms with Gasteiger partial charge in [-0.05, 0) is 31.7 Å². The van der Waals surface area contributed by atoms with E-state index in [9.17, 15) is 4.79 Å². The Morgan fingerprint density at radius 2 is 1.96 bits per heavy atom. The Labute approximate surface area is 172 Å². The number of carbonyl (C=O) groups is 1. The van der Waals surface area contributed by atoms with Crippen molar-refractivity contribution in [3.8, 4) is 11.5 Å². The van der Waals surface area contributed by atoms with Crippen molar-refractivity contribution >= 4 is 18.3 Å². The van der Waals surface area contributed by atoms with Crippen LogP contribution < -0.4 is 20.1 Å². The first kappa shape index (κ1) is 23.7. The zero-order valence-electron chi connectivity index (χ0n) is 16.9. The Hall–Kier alpha value is -2.29. The lowest BCUT2D eigenvalue weighted by molar-refractivity contribution is -0.123. The van der Waals surface area contributed by atoms with Gasteiger partial charge in [0.25, 0.3) is 0 Å². The molecular formula is C19H29ClN4O4. The van der Waals surface area contributed by atoms with E-state index in [1.807, 2.05) is 38.4 Å². The number of aryl methyl sites for hydroxylation is 1. The molecule has 0 spiro atoms. The minimum Gasteiger partial charge on any atom is -0.493 e. The molecule has 8 nitrogen and oxygen atoms in total. The summed E-state index contributed by atoms with van der Waals surface area (Å²) in [5.41, 5.74) is 1.73. The van der Waals surface area contributed by atoms with Crippen molar-refractivity contribution in [2.75, 3.05) is 34.5 Å². The fourth-order valence-corrected chi connectivity index (χ4v) is 2.73.